The highest BCUT2D eigenvalue weighted by Crippen LogP contribution is 2.25. The van der Waals surface area contributed by atoms with Crippen molar-refractivity contribution in [2.45, 2.75) is 0 Å². The Kier molecular flexibility index (Phi) is 2.57. The van der Waals surface area contributed by atoms with Gasteiger partial charge in [-0.3, -0.25) is 0 Å². The molecule has 0 unspecified atom stereocenters. The average Bonchev–Trinajstić information content (AvgIpc) is 2.70. The van der Waals surface area contributed by atoms with Gasteiger partial charge in [0.25, 0.3) is 6.01 Å². The van der Waals surface area contributed by atoms with Crippen molar-refractivity contribution in [2.75, 3.05) is 11.1 Å². The molecule has 0 fully saturated rings. The second-order valence-electron chi connectivity index (χ2n) is 3.88. The summed E-state index contributed by atoms with van der Waals surface area (Å²) in [7, 11) is 0. The Morgan fingerprint density at radius 1 is 1.17 bits per heavy atom. The van der Waals surface area contributed by atoms with Crippen LogP contribution in [0.1, 0.15) is 0 Å². The Morgan fingerprint density at radius 3 is 2.89 bits per heavy atom. The van der Waals surface area contributed by atoms with Crippen molar-refractivity contribution in [2.24, 2.45) is 0 Å². The molecule has 0 bridgehead atoms. The lowest BCUT2D eigenvalue weighted by molar-refractivity contribution is 0.623. The summed E-state index contributed by atoms with van der Waals surface area (Å²) in [6.45, 7) is 0. The molecule has 3 N–H and O–H groups in total. The summed E-state index contributed by atoms with van der Waals surface area (Å²) in [4.78, 5) is 4.30. The van der Waals surface area contributed by atoms with E-state index in [4.69, 9.17) is 21.8 Å². The van der Waals surface area contributed by atoms with Crippen molar-refractivity contribution >= 4 is 40.1 Å². The number of nitrogens with two attached hydrogens (primary N) is 1. The van der Waals surface area contributed by atoms with Gasteiger partial charge < -0.3 is 15.5 Å². The topological polar surface area (TPSA) is 64.1 Å². The van der Waals surface area contributed by atoms with Gasteiger partial charge in [-0.15, -0.1) is 0 Å². The fourth-order valence-corrected chi connectivity index (χ4v) is 1.85. The van der Waals surface area contributed by atoms with E-state index in [-0.39, 0.29) is 0 Å². The molecule has 90 valence electrons. The normalized spacial score (nSPS) is 10.7. The molecule has 0 aliphatic heterocycles. The zero-order chi connectivity index (χ0) is 12.5. The van der Waals surface area contributed by atoms with Gasteiger partial charge in [-0.1, -0.05) is 17.7 Å². The first-order valence-electron chi connectivity index (χ1n) is 5.39. The third-order valence-electron chi connectivity index (χ3n) is 2.49. The smallest absolute Gasteiger partial charge is 0.300 e. The molecule has 0 atom stereocenters. The molecule has 0 aliphatic rings. The predicted molar refractivity (Wildman–Crippen MR) is 73.2 cm³/mol. The van der Waals surface area contributed by atoms with E-state index in [1.165, 1.54) is 0 Å². The first kappa shape index (κ1) is 10.9. The van der Waals surface area contributed by atoms with E-state index in [0.29, 0.717) is 22.3 Å². The molecule has 0 amide bonds. The summed E-state index contributed by atoms with van der Waals surface area (Å²) in [5.41, 5.74) is 8.61. The largest absolute Gasteiger partial charge is 0.423 e. The summed E-state index contributed by atoms with van der Waals surface area (Å²) < 4.78 is 5.55. The van der Waals surface area contributed by atoms with E-state index in [1.807, 2.05) is 30.3 Å². The van der Waals surface area contributed by atoms with Gasteiger partial charge in [0.1, 0.15) is 5.52 Å². The van der Waals surface area contributed by atoms with Gasteiger partial charge in [0.05, 0.1) is 0 Å². The van der Waals surface area contributed by atoms with Crippen LogP contribution in [0.5, 0.6) is 0 Å². The Bertz CT molecular complexity index is 708. The van der Waals surface area contributed by atoms with Crippen molar-refractivity contribution in [1.82, 2.24) is 4.98 Å². The van der Waals surface area contributed by atoms with E-state index in [1.54, 1.807) is 12.1 Å². The molecule has 18 heavy (non-hydrogen) atoms. The third-order valence-corrected chi connectivity index (χ3v) is 2.72. The molecule has 0 radical (unpaired) electrons. The van der Waals surface area contributed by atoms with Crippen molar-refractivity contribution in [3.8, 4) is 0 Å². The van der Waals surface area contributed by atoms with E-state index in [9.17, 15) is 0 Å². The van der Waals surface area contributed by atoms with Crippen LogP contribution in [0.4, 0.5) is 17.4 Å². The van der Waals surface area contributed by atoms with Crippen LogP contribution in [0, 0.1) is 0 Å². The minimum Gasteiger partial charge on any atom is -0.423 e. The number of fused-ring (bicyclic) bond motifs is 1. The number of aromatic nitrogens is 1. The number of nitrogens with one attached hydrogen (secondary N) is 1. The number of nitrogens with zero attached hydrogens (tertiary/aromatic N) is 1. The molecule has 0 aliphatic carbocycles. The number of nitrogen functional groups attached to an aromatic ring is 1. The van der Waals surface area contributed by atoms with Crippen LogP contribution in [0.25, 0.3) is 11.1 Å². The highest BCUT2D eigenvalue weighted by molar-refractivity contribution is 6.31. The van der Waals surface area contributed by atoms with Gasteiger partial charge in [-0.05, 0) is 30.3 Å². The number of benzene rings is 2. The van der Waals surface area contributed by atoms with Crippen LogP contribution in [-0.2, 0) is 0 Å². The summed E-state index contributed by atoms with van der Waals surface area (Å²) in [6, 6.07) is 13.1. The second-order valence-corrected chi connectivity index (χ2v) is 4.32. The number of hydrogen-bond donors (Lipinski definition) is 2. The molecular formula is C13H10ClN3O. The Balaban J connectivity index is 1.95. The molecule has 3 aromatic rings. The zero-order valence-electron chi connectivity index (χ0n) is 9.35. The third kappa shape index (κ3) is 2.10. The molecular weight excluding hydrogens is 250 g/mol. The number of hydrogen-bond acceptors (Lipinski definition) is 4. The summed E-state index contributed by atoms with van der Waals surface area (Å²) in [6.07, 6.45) is 0. The lowest BCUT2D eigenvalue weighted by atomic mass is 10.3. The van der Waals surface area contributed by atoms with Gasteiger partial charge in [-0.25, -0.2) is 0 Å². The maximum Gasteiger partial charge on any atom is 0.300 e. The maximum atomic E-state index is 5.88. The molecule has 0 saturated heterocycles. The predicted octanol–water partition coefficient (Wildman–Crippen LogP) is 3.81. The van der Waals surface area contributed by atoms with Crippen LogP contribution >= 0.6 is 11.6 Å². The molecule has 3 rings (SSSR count). The second kappa shape index (κ2) is 4.23. The van der Waals surface area contributed by atoms with Crippen LogP contribution in [0.3, 0.4) is 0 Å². The molecule has 5 heteroatoms. The maximum absolute atomic E-state index is 5.88. The van der Waals surface area contributed by atoms with E-state index in [0.717, 1.165) is 11.2 Å². The highest BCUT2D eigenvalue weighted by atomic mass is 35.5. The van der Waals surface area contributed by atoms with Crippen LogP contribution in [0.2, 0.25) is 5.02 Å². The number of rotatable bonds is 2. The van der Waals surface area contributed by atoms with E-state index < -0.39 is 0 Å². The first-order chi connectivity index (χ1) is 8.70. The van der Waals surface area contributed by atoms with Crippen LogP contribution < -0.4 is 11.1 Å². The fraction of sp³-hybridized carbons (Fsp3) is 0. The monoisotopic (exact) mass is 259 g/mol. The number of anilines is 3. The highest BCUT2D eigenvalue weighted by Gasteiger charge is 2.06. The quantitative estimate of drug-likeness (QED) is 0.687. The summed E-state index contributed by atoms with van der Waals surface area (Å²) in [5, 5.41) is 3.67. The molecule has 1 aromatic heterocycles. The molecule has 2 aromatic carbocycles. The minimum atomic E-state index is 0.415. The summed E-state index contributed by atoms with van der Waals surface area (Å²) >= 11 is 5.88. The van der Waals surface area contributed by atoms with Gasteiger partial charge in [-0.2, -0.15) is 4.98 Å². The number of oxazole rings is 1. The Hall–Kier alpha value is -2.20. The standard InChI is InChI=1S/C13H10ClN3O/c14-8-4-5-11-12(6-8)18-13(17-11)16-10-3-1-2-9(15)7-10/h1-7H,15H2,(H,16,17). The van der Waals surface area contributed by atoms with Gasteiger partial charge in [0.2, 0.25) is 0 Å². The number of halogens is 1. The lowest BCUT2D eigenvalue weighted by Gasteiger charge is -2.01. The van der Waals surface area contributed by atoms with Crippen molar-refractivity contribution in [1.29, 1.82) is 0 Å². The van der Waals surface area contributed by atoms with Crippen molar-refractivity contribution in [3.05, 3.63) is 47.5 Å². The van der Waals surface area contributed by atoms with Crippen LogP contribution in [-0.4, -0.2) is 4.98 Å². The Labute approximate surface area is 108 Å². The molecule has 4 nitrogen and oxygen atoms in total. The van der Waals surface area contributed by atoms with Crippen molar-refractivity contribution in [3.63, 3.8) is 0 Å². The average molecular weight is 260 g/mol. The zero-order valence-corrected chi connectivity index (χ0v) is 10.1. The summed E-state index contributed by atoms with van der Waals surface area (Å²) in [5.74, 6) is 0. The first-order valence-corrected chi connectivity index (χ1v) is 5.77. The SMILES string of the molecule is Nc1cccc(Nc2nc3ccc(Cl)cc3o2)c1. The minimum absolute atomic E-state index is 0.415. The van der Waals surface area contributed by atoms with E-state index in [2.05, 4.69) is 10.3 Å². The van der Waals surface area contributed by atoms with E-state index >= 15 is 0 Å². The van der Waals surface area contributed by atoms with Gasteiger partial charge in [0, 0.05) is 22.5 Å². The van der Waals surface area contributed by atoms with Gasteiger partial charge in [0.15, 0.2) is 5.58 Å². The Morgan fingerprint density at radius 2 is 2.06 bits per heavy atom. The van der Waals surface area contributed by atoms with Gasteiger partial charge >= 0.3 is 0 Å². The molecule has 0 saturated carbocycles. The fourth-order valence-electron chi connectivity index (χ4n) is 1.69. The van der Waals surface area contributed by atoms with Crippen LogP contribution in [0.15, 0.2) is 46.9 Å². The lowest BCUT2D eigenvalue weighted by Crippen LogP contribution is -1.91. The van der Waals surface area contributed by atoms with Crippen molar-refractivity contribution < 1.29 is 4.42 Å². The molecule has 0 spiro atoms. The molecule has 1 heterocycles.